The van der Waals surface area contributed by atoms with E-state index < -0.39 is 11.7 Å². The lowest BCUT2D eigenvalue weighted by Crippen LogP contribution is -2.39. The Hall–Kier alpha value is -3.22. The second kappa shape index (κ2) is 9.57. The van der Waals surface area contributed by atoms with Crippen molar-refractivity contribution in [1.82, 2.24) is 15.3 Å². The Morgan fingerprint density at radius 3 is 2.62 bits per heavy atom. The summed E-state index contributed by atoms with van der Waals surface area (Å²) in [6.07, 6.45) is 2.30. The number of carbonyl (C=O) groups excluding carboxylic acids is 1. The SMILES string of the molecule is C[C@@H]1C[C@H](C)CN(c2cccc(-c3ccc4cnc(CNC(=O)OC(C)(C)C)cc4c3F)n2)C1. The number of piperidine rings is 1. The summed E-state index contributed by atoms with van der Waals surface area (Å²) in [6, 6.07) is 11.1. The molecule has 1 fully saturated rings. The fourth-order valence-electron chi connectivity index (χ4n) is 4.59. The van der Waals surface area contributed by atoms with E-state index in [0.717, 1.165) is 18.9 Å². The predicted molar refractivity (Wildman–Crippen MR) is 133 cm³/mol. The maximum Gasteiger partial charge on any atom is 0.407 e. The smallest absolute Gasteiger partial charge is 0.407 e. The molecule has 1 saturated heterocycles. The minimum atomic E-state index is -0.590. The molecule has 6 nitrogen and oxygen atoms in total. The Bertz CT molecular complexity index is 1180. The molecule has 2 aromatic heterocycles. The van der Waals surface area contributed by atoms with Gasteiger partial charge in [0.1, 0.15) is 17.2 Å². The number of halogens is 1. The van der Waals surface area contributed by atoms with Gasteiger partial charge in [-0.3, -0.25) is 4.98 Å². The monoisotopic (exact) mass is 464 g/mol. The number of rotatable bonds is 4. The maximum absolute atomic E-state index is 15.7. The fourth-order valence-corrected chi connectivity index (χ4v) is 4.59. The molecule has 180 valence electrons. The normalized spacial score (nSPS) is 18.7. The van der Waals surface area contributed by atoms with E-state index >= 15 is 4.39 Å². The molecule has 0 bridgehead atoms. The first-order valence-corrected chi connectivity index (χ1v) is 11.9. The number of hydrogen-bond donors (Lipinski definition) is 1. The number of aromatic nitrogens is 2. The van der Waals surface area contributed by atoms with Gasteiger partial charge in [0.05, 0.1) is 17.9 Å². The lowest BCUT2D eigenvalue weighted by molar-refractivity contribution is 0.0523. The van der Waals surface area contributed by atoms with Crippen LogP contribution >= 0.6 is 0 Å². The summed E-state index contributed by atoms with van der Waals surface area (Å²) >= 11 is 0. The van der Waals surface area contributed by atoms with Gasteiger partial charge in [0.2, 0.25) is 0 Å². The largest absolute Gasteiger partial charge is 0.444 e. The highest BCUT2D eigenvalue weighted by Gasteiger charge is 2.23. The highest BCUT2D eigenvalue weighted by molar-refractivity contribution is 5.87. The van der Waals surface area contributed by atoms with Crippen molar-refractivity contribution in [1.29, 1.82) is 0 Å². The lowest BCUT2D eigenvalue weighted by Gasteiger charge is -2.36. The number of alkyl carbamates (subject to hydrolysis) is 1. The number of nitrogens with zero attached hydrogens (tertiary/aromatic N) is 3. The minimum Gasteiger partial charge on any atom is -0.444 e. The Morgan fingerprint density at radius 2 is 1.91 bits per heavy atom. The molecule has 2 atom stereocenters. The van der Waals surface area contributed by atoms with Crippen molar-refractivity contribution in [3.63, 3.8) is 0 Å². The number of anilines is 1. The van der Waals surface area contributed by atoms with Crippen LogP contribution in [0, 0.1) is 17.7 Å². The number of carbonyl (C=O) groups is 1. The molecule has 0 radical (unpaired) electrons. The fraction of sp³-hybridized carbons (Fsp3) is 0.444. The number of pyridine rings is 2. The zero-order valence-corrected chi connectivity index (χ0v) is 20.6. The van der Waals surface area contributed by atoms with Crippen LogP contribution in [0.15, 0.2) is 42.6 Å². The second-order valence-corrected chi connectivity index (χ2v) is 10.4. The Morgan fingerprint density at radius 1 is 1.18 bits per heavy atom. The summed E-state index contributed by atoms with van der Waals surface area (Å²) in [6.45, 7) is 12.0. The highest BCUT2D eigenvalue weighted by atomic mass is 19.1. The lowest BCUT2D eigenvalue weighted by atomic mass is 9.92. The topological polar surface area (TPSA) is 67.4 Å². The Labute approximate surface area is 200 Å². The van der Waals surface area contributed by atoms with E-state index in [-0.39, 0.29) is 12.4 Å². The zero-order valence-electron chi connectivity index (χ0n) is 20.6. The number of amides is 1. The third-order valence-electron chi connectivity index (χ3n) is 5.91. The zero-order chi connectivity index (χ0) is 24.5. The van der Waals surface area contributed by atoms with Crippen LogP contribution in [0.25, 0.3) is 22.0 Å². The maximum atomic E-state index is 15.7. The summed E-state index contributed by atoms with van der Waals surface area (Å²) < 4.78 is 20.9. The molecule has 3 aromatic rings. The van der Waals surface area contributed by atoms with E-state index in [1.807, 2.05) is 24.3 Å². The molecule has 1 aliphatic heterocycles. The van der Waals surface area contributed by atoms with Crippen molar-refractivity contribution in [2.45, 2.75) is 53.2 Å². The number of nitrogens with one attached hydrogen (secondary N) is 1. The average Bonchev–Trinajstić information content (AvgIpc) is 2.76. The summed E-state index contributed by atoms with van der Waals surface area (Å²) in [5.41, 5.74) is 1.01. The van der Waals surface area contributed by atoms with Crippen LogP contribution in [0.2, 0.25) is 0 Å². The first kappa shape index (κ1) is 23.9. The van der Waals surface area contributed by atoms with Crippen LogP contribution in [0.3, 0.4) is 0 Å². The minimum absolute atomic E-state index is 0.146. The van der Waals surface area contributed by atoms with Crippen LogP contribution in [0.4, 0.5) is 15.0 Å². The predicted octanol–water partition coefficient (Wildman–Crippen LogP) is 5.94. The number of ether oxygens (including phenoxy) is 1. The van der Waals surface area contributed by atoms with Gasteiger partial charge in [-0.05, 0) is 63.3 Å². The second-order valence-electron chi connectivity index (χ2n) is 10.4. The summed E-state index contributed by atoms with van der Waals surface area (Å²) in [7, 11) is 0. The van der Waals surface area contributed by atoms with Gasteiger partial charge in [-0.25, -0.2) is 14.2 Å². The number of fused-ring (bicyclic) bond motifs is 1. The molecule has 0 unspecified atom stereocenters. The van der Waals surface area contributed by atoms with E-state index in [1.54, 1.807) is 39.1 Å². The third-order valence-corrected chi connectivity index (χ3v) is 5.91. The molecule has 0 spiro atoms. The molecular formula is C27H33FN4O2. The third kappa shape index (κ3) is 5.64. The van der Waals surface area contributed by atoms with Gasteiger partial charge >= 0.3 is 6.09 Å². The van der Waals surface area contributed by atoms with Crippen LogP contribution in [-0.4, -0.2) is 34.8 Å². The molecule has 1 amide bonds. The standard InChI is InChI=1S/C27H33FN4O2/c1-17-11-18(2)16-32(15-17)24-8-6-7-23(31-24)21-10-9-19-13-29-20(12-22(19)25(21)28)14-30-26(33)34-27(3,4)5/h6-10,12-13,17-18H,11,14-16H2,1-5H3,(H,30,33)/t17-,18+. The van der Waals surface area contributed by atoms with E-state index in [9.17, 15) is 4.79 Å². The summed E-state index contributed by atoms with van der Waals surface area (Å²) in [4.78, 5) is 23.4. The van der Waals surface area contributed by atoms with Crippen molar-refractivity contribution in [3.8, 4) is 11.3 Å². The molecular weight excluding hydrogens is 431 g/mol. The van der Waals surface area contributed by atoms with Crippen molar-refractivity contribution in [2.75, 3.05) is 18.0 Å². The molecule has 1 aliphatic rings. The molecule has 4 rings (SSSR count). The van der Waals surface area contributed by atoms with Gasteiger partial charge in [0.15, 0.2) is 0 Å². The van der Waals surface area contributed by atoms with E-state index in [4.69, 9.17) is 9.72 Å². The molecule has 34 heavy (non-hydrogen) atoms. The number of hydrogen-bond acceptors (Lipinski definition) is 5. The van der Waals surface area contributed by atoms with E-state index in [1.165, 1.54) is 6.42 Å². The van der Waals surface area contributed by atoms with Gasteiger partial charge in [0, 0.05) is 35.6 Å². The van der Waals surface area contributed by atoms with Crippen molar-refractivity contribution in [3.05, 3.63) is 54.1 Å². The first-order chi connectivity index (χ1) is 16.1. The van der Waals surface area contributed by atoms with Crippen molar-refractivity contribution < 1.29 is 13.9 Å². The summed E-state index contributed by atoms with van der Waals surface area (Å²) in [5.74, 6) is 1.74. The summed E-state index contributed by atoms with van der Waals surface area (Å²) in [5, 5.41) is 3.81. The van der Waals surface area contributed by atoms with Crippen LogP contribution in [0.1, 0.15) is 46.7 Å². The number of benzene rings is 1. The quantitative estimate of drug-likeness (QED) is 0.517. The molecule has 7 heteroatoms. The molecule has 1 N–H and O–H groups in total. The molecule has 0 aliphatic carbocycles. The Kier molecular flexibility index (Phi) is 6.73. The molecule has 0 saturated carbocycles. The Balaban J connectivity index is 1.59. The molecule has 3 heterocycles. The van der Waals surface area contributed by atoms with Crippen molar-refractivity contribution >= 4 is 22.7 Å². The van der Waals surface area contributed by atoms with E-state index in [0.29, 0.717) is 39.6 Å². The van der Waals surface area contributed by atoms with Crippen molar-refractivity contribution in [2.24, 2.45) is 11.8 Å². The van der Waals surface area contributed by atoms with Crippen LogP contribution < -0.4 is 10.2 Å². The highest BCUT2D eigenvalue weighted by Crippen LogP contribution is 2.31. The average molecular weight is 465 g/mol. The van der Waals surface area contributed by atoms with E-state index in [2.05, 4.69) is 29.0 Å². The first-order valence-electron chi connectivity index (χ1n) is 11.9. The van der Waals surface area contributed by atoms with Gasteiger partial charge in [-0.1, -0.05) is 26.0 Å². The van der Waals surface area contributed by atoms with Gasteiger partial charge in [-0.15, -0.1) is 0 Å². The van der Waals surface area contributed by atoms with Gasteiger partial charge in [0.25, 0.3) is 0 Å². The van der Waals surface area contributed by atoms with Gasteiger partial charge < -0.3 is 15.0 Å². The van der Waals surface area contributed by atoms with Crippen LogP contribution in [0.5, 0.6) is 0 Å². The van der Waals surface area contributed by atoms with Crippen LogP contribution in [-0.2, 0) is 11.3 Å². The molecule has 1 aromatic carbocycles. The van der Waals surface area contributed by atoms with Gasteiger partial charge in [-0.2, -0.15) is 0 Å².